The minimum atomic E-state index is -1.60. The number of aliphatic carboxylic acids is 1. The molecule has 2 amide bonds. The number of carbonyl (C=O) groups excluding carboxylic acids is 2. The third-order valence-corrected chi connectivity index (χ3v) is 5.30. The number of nitrogens with one attached hydrogen (secondary N) is 1. The second kappa shape index (κ2) is 6.63. The van der Waals surface area contributed by atoms with E-state index in [4.69, 9.17) is 5.11 Å². The molecule has 2 unspecified atom stereocenters. The molecular formula is C14H18N2O6S. The predicted molar refractivity (Wildman–Crippen MR) is 81.4 cm³/mol. The maximum atomic E-state index is 12.3. The van der Waals surface area contributed by atoms with E-state index in [2.05, 4.69) is 5.32 Å². The second-order valence-electron chi connectivity index (χ2n) is 5.36. The van der Waals surface area contributed by atoms with Gasteiger partial charge in [-0.3, -0.25) is 18.7 Å². The number of nitrogens with zero attached hydrogens (tertiary/aromatic N) is 1. The molecule has 2 aliphatic rings. The Kier molecular flexibility index (Phi) is 5.00. The van der Waals surface area contributed by atoms with E-state index < -0.39 is 28.7 Å². The van der Waals surface area contributed by atoms with E-state index in [0.717, 1.165) is 4.90 Å². The molecule has 0 radical (unpaired) electrons. The lowest BCUT2D eigenvalue weighted by Crippen LogP contribution is -2.53. The second-order valence-corrected chi connectivity index (χ2v) is 6.95. The lowest BCUT2D eigenvalue weighted by molar-refractivity contribution is -0.142. The first kappa shape index (κ1) is 17.4. The van der Waals surface area contributed by atoms with Gasteiger partial charge in [-0.25, -0.2) is 4.79 Å². The van der Waals surface area contributed by atoms with Crippen LogP contribution in [0.2, 0.25) is 0 Å². The van der Waals surface area contributed by atoms with E-state index in [-0.39, 0.29) is 41.8 Å². The maximum absolute atomic E-state index is 12.3. The van der Waals surface area contributed by atoms with E-state index in [1.54, 1.807) is 6.92 Å². The SMILES string of the molecule is CC(=O)NCCS(=O)C1=C(C(=O)O)N2C(=O)C(=C(C)CO)C2C1. The Morgan fingerprint density at radius 1 is 1.39 bits per heavy atom. The number of amides is 2. The van der Waals surface area contributed by atoms with E-state index in [1.165, 1.54) is 6.92 Å². The smallest absolute Gasteiger partial charge is 0.353 e. The van der Waals surface area contributed by atoms with Crippen LogP contribution in [-0.2, 0) is 25.2 Å². The van der Waals surface area contributed by atoms with Gasteiger partial charge in [-0.2, -0.15) is 0 Å². The molecule has 2 atom stereocenters. The van der Waals surface area contributed by atoms with Gasteiger partial charge in [0, 0.05) is 31.2 Å². The summed E-state index contributed by atoms with van der Waals surface area (Å²) in [4.78, 5) is 35.7. The van der Waals surface area contributed by atoms with Crippen molar-refractivity contribution in [2.75, 3.05) is 18.9 Å². The Balaban J connectivity index is 2.23. The third kappa shape index (κ3) is 3.06. The molecule has 2 heterocycles. The fraction of sp³-hybridized carbons (Fsp3) is 0.500. The molecule has 1 fully saturated rings. The first-order chi connectivity index (χ1) is 10.8. The number of hydrogen-bond acceptors (Lipinski definition) is 5. The van der Waals surface area contributed by atoms with Crippen LogP contribution in [-0.4, -0.2) is 62.1 Å². The van der Waals surface area contributed by atoms with E-state index in [0.29, 0.717) is 11.1 Å². The van der Waals surface area contributed by atoms with Crippen LogP contribution in [0.4, 0.5) is 0 Å². The van der Waals surface area contributed by atoms with Gasteiger partial charge in [0.2, 0.25) is 5.91 Å². The number of carbonyl (C=O) groups is 3. The molecule has 0 spiro atoms. The highest BCUT2D eigenvalue weighted by molar-refractivity contribution is 7.89. The molecule has 8 nitrogen and oxygen atoms in total. The minimum absolute atomic E-state index is 0.0818. The monoisotopic (exact) mass is 342 g/mol. The van der Waals surface area contributed by atoms with Gasteiger partial charge >= 0.3 is 5.97 Å². The molecule has 2 aliphatic heterocycles. The molecule has 1 saturated heterocycles. The first-order valence-electron chi connectivity index (χ1n) is 7.02. The Labute approximate surface area is 135 Å². The van der Waals surface area contributed by atoms with Gasteiger partial charge in [0.1, 0.15) is 5.70 Å². The molecule has 23 heavy (non-hydrogen) atoms. The quantitative estimate of drug-likeness (QED) is 0.424. The molecule has 0 aromatic heterocycles. The molecule has 126 valence electrons. The van der Waals surface area contributed by atoms with Crippen molar-refractivity contribution in [2.24, 2.45) is 0 Å². The fourth-order valence-electron chi connectivity index (χ4n) is 2.75. The zero-order valence-electron chi connectivity index (χ0n) is 12.8. The van der Waals surface area contributed by atoms with Gasteiger partial charge in [0.15, 0.2) is 0 Å². The van der Waals surface area contributed by atoms with Crippen molar-refractivity contribution in [3.63, 3.8) is 0 Å². The highest BCUT2D eigenvalue weighted by Crippen LogP contribution is 2.44. The van der Waals surface area contributed by atoms with Crippen LogP contribution in [0.25, 0.3) is 0 Å². The fourth-order valence-corrected chi connectivity index (χ4v) is 4.03. The number of carboxylic acid groups (broad SMARTS) is 1. The van der Waals surface area contributed by atoms with Crippen LogP contribution in [0.5, 0.6) is 0 Å². The summed E-state index contributed by atoms with van der Waals surface area (Å²) in [5.74, 6) is -1.95. The minimum Gasteiger partial charge on any atom is -0.477 e. The highest BCUT2D eigenvalue weighted by Gasteiger charge is 2.53. The standard InChI is InChI=1S/C14H18N2O6S/c1-7(6-17)11-9-5-10(23(22)4-3-15-8(2)18)12(14(20)21)16(9)13(11)19/h9,17H,3-6H2,1-2H3,(H,15,18)(H,20,21). The van der Waals surface area contributed by atoms with Crippen LogP contribution in [0.15, 0.2) is 21.7 Å². The summed E-state index contributed by atoms with van der Waals surface area (Å²) < 4.78 is 12.3. The highest BCUT2D eigenvalue weighted by atomic mass is 32.2. The average Bonchev–Trinajstić information content (AvgIpc) is 2.82. The van der Waals surface area contributed by atoms with Gasteiger partial charge in [0.25, 0.3) is 5.91 Å². The maximum Gasteiger partial charge on any atom is 0.353 e. The van der Waals surface area contributed by atoms with Crippen molar-refractivity contribution in [2.45, 2.75) is 26.3 Å². The van der Waals surface area contributed by atoms with Crippen molar-refractivity contribution in [1.29, 1.82) is 0 Å². The number of β-lactam (4-membered cyclic amide) rings is 1. The topological polar surface area (TPSA) is 124 Å². The Morgan fingerprint density at radius 2 is 2.04 bits per heavy atom. The lowest BCUT2D eigenvalue weighted by Gasteiger charge is -2.39. The van der Waals surface area contributed by atoms with E-state index in [9.17, 15) is 23.7 Å². The number of aliphatic hydroxyl groups excluding tert-OH is 1. The van der Waals surface area contributed by atoms with Crippen LogP contribution in [0.3, 0.4) is 0 Å². The number of fused-ring (bicyclic) bond motifs is 1. The normalized spacial score (nSPS) is 23.3. The number of aliphatic hydroxyl groups is 1. The summed E-state index contributed by atoms with van der Waals surface area (Å²) in [7, 11) is -1.60. The van der Waals surface area contributed by atoms with Crippen LogP contribution in [0.1, 0.15) is 20.3 Å². The summed E-state index contributed by atoms with van der Waals surface area (Å²) in [6, 6.07) is -0.472. The van der Waals surface area contributed by atoms with Crippen molar-refractivity contribution >= 4 is 28.6 Å². The van der Waals surface area contributed by atoms with Gasteiger partial charge < -0.3 is 15.5 Å². The molecule has 0 aromatic carbocycles. The van der Waals surface area contributed by atoms with Crippen molar-refractivity contribution in [3.05, 3.63) is 21.7 Å². The first-order valence-corrected chi connectivity index (χ1v) is 8.34. The zero-order chi connectivity index (χ0) is 17.3. The Morgan fingerprint density at radius 3 is 2.57 bits per heavy atom. The molecule has 0 aromatic rings. The molecule has 0 aliphatic carbocycles. The van der Waals surface area contributed by atoms with Crippen LogP contribution in [0, 0.1) is 0 Å². The number of rotatable bonds is 6. The molecule has 3 N–H and O–H groups in total. The molecule has 2 rings (SSSR count). The largest absolute Gasteiger partial charge is 0.477 e. The average molecular weight is 342 g/mol. The van der Waals surface area contributed by atoms with Gasteiger partial charge in [-0.15, -0.1) is 0 Å². The predicted octanol–water partition coefficient (Wildman–Crippen LogP) is -0.909. The molecular weight excluding hydrogens is 324 g/mol. The van der Waals surface area contributed by atoms with Crippen molar-refractivity contribution < 1.29 is 28.8 Å². The third-order valence-electron chi connectivity index (χ3n) is 3.81. The lowest BCUT2D eigenvalue weighted by atomic mass is 9.90. The van der Waals surface area contributed by atoms with E-state index >= 15 is 0 Å². The Bertz CT molecular complexity index is 666. The molecule has 0 saturated carbocycles. The van der Waals surface area contributed by atoms with E-state index in [1.807, 2.05) is 0 Å². The number of carboxylic acids is 1. The van der Waals surface area contributed by atoms with Gasteiger partial charge in [0.05, 0.1) is 28.4 Å². The van der Waals surface area contributed by atoms with Gasteiger partial charge in [-0.1, -0.05) is 0 Å². The van der Waals surface area contributed by atoms with Gasteiger partial charge in [-0.05, 0) is 12.5 Å². The van der Waals surface area contributed by atoms with Crippen LogP contribution >= 0.6 is 0 Å². The summed E-state index contributed by atoms with van der Waals surface area (Å²) in [6.07, 6.45) is 0.173. The molecule has 9 heteroatoms. The summed E-state index contributed by atoms with van der Waals surface area (Å²) in [6.45, 7) is 2.82. The zero-order valence-corrected chi connectivity index (χ0v) is 13.6. The Hall–Kier alpha value is -2.00. The summed E-state index contributed by atoms with van der Waals surface area (Å²) in [5, 5.41) is 21.0. The number of hydrogen-bond donors (Lipinski definition) is 3. The van der Waals surface area contributed by atoms with Crippen LogP contribution < -0.4 is 5.32 Å². The van der Waals surface area contributed by atoms with Crippen molar-refractivity contribution in [1.82, 2.24) is 10.2 Å². The molecule has 0 bridgehead atoms. The summed E-state index contributed by atoms with van der Waals surface area (Å²) >= 11 is 0. The summed E-state index contributed by atoms with van der Waals surface area (Å²) in [5.41, 5.74) is 0.641. The van der Waals surface area contributed by atoms with Crippen molar-refractivity contribution in [3.8, 4) is 0 Å².